The summed E-state index contributed by atoms with van der Waals surface area (Å²) in [6.45, 7) is 7.55. The lowest BCUT2D eigenvalue weighted by Gasteiger charge is -2.21. The molecular weight excluding hydrogens is 412 g/mol. The molecule has 2 aromatic carbocycles. The summed E-state index contributed by atoms with van der Waals surface area (Å²) in [4.78, 5) is 20.3. The Kier molecular flexibility index (Phi) is 6.73. The molecule has 0 aliphatic carbocycles. The van der Waals surface area contributed by atoms with E-state index in [9.17, 15) is 4.79 Å². The Hall–Kier alpha value is -3.67. The van der Waals surface area contributed by atoms with Crippen molar-refractivity contribution in [3.63, 3.8) is 0 Å². The fourth-order valence-corrected chi connectivity index (χ4v) is 4.24. The lowest BCUT2D eigenvalue weighted by Crippen LogP contribution is -2.33. The van der Waals surface area contributed by atoms with Gasteiger partial charge in [-0.1, -0.05) is 56.3 Å². The number of fused-ring (bicyclic) bond motifs is 1. The highest BCUT2D eigenvalue weighted by molar-refractivity contribution is 5.95. The summed E-state index contributed by atoms with van der Waals surface area (Å²) in [7, 11) is 1.65. The second-order valence-corrected chi connectivity index (χ2v) is 8.08. The highest BCUT2D eigenvalue weighted by atomic mass is 16.5. The Morgan fingerprint density at radius 3 is 2.33 bits per heavy atom. The number of amides is 1. The van der Waals surface area contributed by atoms with Crippen LogP contribution >= 0.6 is 0 Å². The molecular formula is C27H30N4O2. The maximum atomic E-state index is 13.6. The van der Waals surface area contributed by atoms with Crippen LogP contribution in [0.1, 0.15) is 42.9 Å². The van der Waals surface area contributed by atoms with Gasteiger partial charge in [0.1, 0.15) is 11.4 Å². The van der Waals surface area contributed by atoms with Gasteiger partial charge in [0.25, 0.3) is 5.91 Å². The van der Waals surface area contributed by atoms with Gasteiger partial charge in [0.2, 0.25) is 0 Å². The molecule has 0 saturated heterocycles. The maximum absolute atomic E-state index is 13.6. The first-order chi connectivity index (χ1) is 16.1. The Morgan fingerprint density at radius 1 is 1.00 bits per heavy atom. The molecule has 4 rings (SSSR count). The molecule has 0 fully saturated rings. The van der Waals surface area contributed by atoms with E-state index in [4.69, 9.17) is 14.8 Å². The summed E-state index contributed by atoms with van der Waals surface area (Å²) in [6, 6.07) is 19.7. The van der Waals surface area contributed by atoms with Gasteiger partial charge >= 0.3 is 0 Å². The van der Waals surface area contributed by atoms with Crippen molar-refractivity contribution in [2.24, 2.45) is 0 Å². The number of methoxy groups -OCH3 is 1. The van der Waals surface area contributed by atoms with Crippen molar-refractivity contribution < 1.29 is 9.53 Å². The van der Waals surface area contributed by atoms with Crippen LogP contribution in [-0.2, 0) is 0 Å². The number of hydrogen-bond acceptors (Lipinski definition) is 4. The molecule has 0 saturated carbocycles. The minimum absolute atomic E-state index is 0.0600. The predicted octanol–water partition coefficient (Wildman–Crippen LogP) is 5.64. The van der Waals surface area contributed by atoms with Crippen molar-refractivity contribution in [1.29, 1.82) is 0 Å². The molecule has 1 amide bonds. The molecule has 33 heavy (non-hydrogen) atoms. The summed E-state index contributed by atoms with van der Waals surface area (Å²) >= 11 is 0. The van der Waals surface area contributed by atoms with Gasteiger partial charge in [0.05, 0.1) is 18.5 Å². The van der Waals surface area contributed by atoms with Crippen LogP contribution in [-0.4, -0.2) is 45.6 Å². The first kappa shape index (κ1) is 22.5. The number of aryl methyl sites for hydroxylation is 1. The number of rotatable bonds is 8. The fourth-order valence-electron chi connectivity index (χ4n) is 4.24. The average molecular weight is 443 g/mol. The predicted molar refractivity (Wildman–Crippen MR) is 132 cm³/mol. The Morgan fingerprint density at radius 2 is 1.67 bits per heavy atom. The molecule has 0 aliphatic rings. The first-order valence-corrected chi connectivity index (χ1v) is 11.5. The zero-order valence-corrected chi connectivity index (χ0v) is 19.7. The van der Waals surface area contributed by atoms with Gasteiger partial charge in [-0.15, -0.1) is 0 Å². The van der Waals surface area contributed by atoms with E-state index in [1.54, 1.807) is 7.11 Å². The molecule has 0 N–H and O–H groups in total. The molecule has 2 aromatic heterocycles. The van der Waals surface area contributed by atoms with E-state index in [1.807, 2.05) is 77.0 Å². The van der Waals surface area contributed by atoms with E-state index in [0.717, 1.165) is 46.7 Å². The van der Waals surface area contributed by atoms with Gasteiger partial charge in [-0.3, -0.25) is 4.79 Å². The number of ether oxygens (including phenoxy) is 1. The van der Waals surface area contributed by atoms with Crippen LogP contribution in [0.15, 0.2) is 60.7 Å². The lowest BCUT2D eigenvalue weighted by molar-refractivity contribution is 0.0750. The standard InChI is InChI=1S/C27H30N4O2/c1-5-16-30(17-6-2)27(32)22-18-23(21-14-10-11-15-24(21)33-4)31-26(28-22)25(19(3)29-31)20-12-8-7-9-13-20/h7-15,18H,5-6,16-17H2,1-4H3. The van der Waals surface area contributed by atoms with Crippen LogP contribution in [0.25, 0.3) is 28.0 Å². The van der Waals surface area contributed by atoms with Crippen LogP contribution in [0, 0.1) is 6.92 Å². The van der Waals surface area contributed by atoms with Crippen molar-refractivity contribution in [2.45, 2.75) is 33.6 Å². The largest absolute Gasteiger partial charge is 0.496 e. The van der Waals surface area contributed by atoms with Crippen molar-refractivity contribution in [3.05, 3.63) is 72.1 Å². The molecule has 4 aromatic rings. The molecule has 0 bridgehead atoms. The highest BCUT2D eigenvalue weighted by Gasteiger charge is 2.23. The monoisotopic (exact) mass is 442 g/mol. The van der Waals surface area contributed by atoms with Gasteiger partial charge in [-0.25, -0.2) is 9.50 Å². The van der Waals surface area contributed by atoms with Gasteiger partial charge in [0, 0.05) is 24.2 Å². The van der Waals surface area contributed by atoms with E-state index in [0.29, 0.717) is 24.4 Å². The SMILES string of the molecule is CCCN(CCC)C(=O)c1cc(-c2ccccc2OC)n2nc(C)c(-c3ccccc3)c2n1. The molecule has 0 atom stereocenters. The third-order valence-electron chi connectivity index (χ3n) is 5.70. The van der Waals surface area contributed by atoms with E-state index < -0.39 is 0 Å². The van der Waals surface area contributed by atoms with Crippen molar-refractivity contribution in [1.82, 2.24) is 19.5 Å². The van der Waals surface area contributed by atoms with Crippen LogP contribution in [0.4, 0.5) is 0 Å². The summed E-state index contributed by atoms with van der Waals surface area (Å²) in [5.74, 6) is 0.659. The summed E-state index contributed by atoms with van der Waals surface area (Å²) in [6.07, 6.45) is 1.79. The minimum atomic E-state index is -0.0600. The number of hydrogen-bond donors (Lipinski definition) is 0. The average Bonchev–Trinajstić information content (AvgIpc) is 3.19. The summed E-state index contributed by atoms with van der Waals surface area (Å²) in [5, 5.41) is 4.83. The van der Waals surface area contributed by atoms with E-state index in [-0.39, 0.29) is 5.91 Å². The topological polar surface area (TPSA) is 59.7 Å². The molecule has 6 heteroatoms. The number of aromatic nitrogens is 3. The molecule has 2 heterocycles. The first-order valence-electron chi connectivity index (χ1n) is 11.5. The smallest absolute Gasteiger partial charge is 0.272 e. The third-order valence-corrected chi connectivity index (χ3v) is 5.70. The lowest BCUT2D eigenvalue weighted by atomic mass is 10.1. The Labute approximate surface area is 194 Å². The van der Waals surface area contributed by atoms with Crippen LogP contribution in [0.5, 0.6) is 5.75 Å². The Bertz CT molecular complexity index is 1260. The normalized spacial score (nSPS) is 11.0. The second-order valence-electron chi connectivity index (χ2n) is 8.08. The van der Waals surface area contributed by atoms with Crippen molar-refractivity contribution in [3.8, 4) is 28.1 Å². The van der Waals surface area contributed by atoms with E-state index in [2.05, 4.69) is 13.8 Å². The number of carbonyl (C=O) groups excluding carboxylic acids is 1. The van der Waals surface area contributed by atoms with Crippen molar-refractivity contribution in [2.75, 3.05) is 20.2 Å². The second kappa shape index (κ2) is 9.86. The molecule has 0 spiro atoms. The fraction of sp³-hybridized carbons (Fsp3) is 0.296. The van der Waals surface area contributed by atoms with Crippen molar-refractivity contribution >= 4 is 11.6 Å². The van der Waals surface area contributed by atoms with Gasteiger partial charge < -0.3 is 9.64 Å². The molecule has 170 valence electrons. The third kappa shape index (κ3) is 4.33. The van der Waals surface area contributed by atoms with Crippen LogP contribution in [0.2, 0.25) is 0 Å². The van der Waals surface area contributed by atoms with Gasteiger partial charge in [0.15, 0.2) is 5.65 Å². The number of nitrogens with zero attached hydrogens (tertiary/aromatic N) is 4. The van der Waals surface area contributed by atoms with Crippen LogP contribution < -0.4 is 4.74 Å². The zero-order valence-electron chi connectivity index (χ0n) is 19.7. The molecule has 6 nitrogen and oxygen atoms in total. The van der Waals surface area contributed by atoms with Crippen LogP contribution in [0.3, 0.4) is 0 Å². The quantitative estimate of drug-likeness (QED) is 0.354. The highest BCUT2D eigenvalue weighted by Crippen LogP contribution is 2.34. The molecule has 0 unspecified atom stereocenters. The zero-order chi connectivity index (χ0) is 23.4. The number of carbonyl (C=O) groups is 1. The summed E-state index contributed by atoms with van der Waals surface area (Å²) in [5.41, 5.74) is 5.53. The summed E-state index contributed by atoms with van der Waals surface area (Å²) < 4.78 is 7.47. The molecule has 0 radical (unpaired) electrons. The number of benzene rings is 2. The van der Waals surface area contributed by atoms with Gasteiger partial charge in [-0.05, 0) is 43.5 Å². The maximum Gasteiger partial charge on any atom is 0.272 e. The van der Waals surface area contributed by atoms with E-state index >= 15 is 0 Å². The minimum Gasteiger partial charge on any atom is -0.496 e. The Balaban J connectivity index is 2.01. The number of para-hydroxylation sites is 1. The van der Waals surface area contributed by atoms with Gasteiger partial charge in [-0.2, -0.15) is 5.10 Å². The van der Waals surface area contributed by atoms with E-state index in [1.165, 1.54) is 0 Å². The molecule has 0 aliphatic heterocycles.